The van der Waals surface area contributed by atoms with E-state index in [0.29, 0.717) is 5.69 Å². The maximum absolute atomic E-state index is 10.1. The molecule has 0 saturated carbocycles. The summed E-state index contributed by atoms with van der Waals surface area (Å²) in [6, 6.07) is 6.82. The molecule has 0 saturated heterocycles. The summed E-state index contributed by atoms with van der Waals surface area (Å²) in [6.45, 7) is 0. The fraction of sp³-hybridized carbons (Fsp3) is 0. The van der Waals surface area contributed by atoms with E-state index in [1.807, 2.05) is 0 Å². The van der Waals surface area contributed by atoms with E-state index in [1.54, 1.807) is 24.3 Å². The average molecular weight is 184 g/mol. The van der Waals surface area contributed by atoms with Crippen LogP contribution in [0.15, 0.2) is 28.7 Å². The molecule has 64 valence electrons. The Morgan fingerprint density at radius 2 is 2.00 bits per heavy atom. The quantitative estimate of drug-likeness (QED) is 0.406. The number of benzene rings is 1. The zero-order valence-corrected chi connectivity index (χ0v) is 6.99. The predicted molar refractivity (Wildman–Crippen MR) is 49.2 cm³/mol. The number of hydrogen-bond donors (Lipinski definition) is 2. The number of nitrogens with zero attached hydrogens (tertiary/aromatic N) is 1. The molecule has 0 fully saturated rings. The Labute approximate surface area is 72.5 Å². The minimum absolute atomic E-state index is 0.650. The normalized spacial score (nSPS) is 13.4. The van der Waals surface area contributed by atoms with E-state index in [0.717, 1.165) is 5.56 Å². The Morgan fingerprint density at radius 1 is 1.42 bits per heavy atom. The van der Waals surface area contributed by atoms with Crippen LogP contribution in [0.1, 0.15) is 5.56 Å². The summed E-state index contributed by atoms with van der Waals surface area (Å²) < 4.78 is 21.7. The second-order valence-corrected chi connectivity index (χ2v) is 2.80. The number of hydrogen-bond acceptors (Lipinski definition) is 2. The molecule has 0 radical (unpaired) electrons. The van der Waals surface area contributed by atoms with E-state index in [-0.39, 0.29) is 0 Å². The van der Waals surface area contributed by atoms with Crippen LogP contribution in [0, 0.1) is 0 Å². The molecule has 12 heavy (non-hydrogen) atoms. The number of rotatable bonds is 2. The molecule has 0 aliphatic rings. The van der Waals surface area contributed by atoms with Crippen LogP contribution in [0.3, 0.4) is 0 Å². The van der Waals surface area contributed by atoms with Crippen LogP contribution in [0.2, 0.25) is 0 Å². The number of anilines is 1. The van der Waals surface area contributed by atoms with E-state index >= 15 is 0 Å². The van der Waals surface area contributed by atoms with Crippen molar-refractivity contribution in [2.45, 2.75) is 0 Å². The highest BCUT2D eigenvalue weighted by molar-refractivity contribution is 7.77. The van der Waals surface area contributed by atoms with Crippen LogP contribution in [0.4, 0.5) is 5.69 Å². The van der Waals surface area contributed by atoms with Gasteiger partial charge in [-0.25, -0.2) is 4.21 Å². The molecule has 0 bridgehead atoms. The molecule has 1 rings (SSSR count). The third-order valence-corrected chi connectivity index (χ3v) is 1.51. The molecule has 0 heterocycles. The van der Waals surface area contributed by atoms with Crippen molar-refractivity contribution in [2.75, 3.05) is 5.73 Å². The molecular formula is C7H8N2O2S. The molecule has 0 aliphatic carbocycles. The molecule has 1 atom stereocenters. The highest BCUT2D eigenvalue weighted by atomic mass is 32.2. The minimum atomic E-state index is -2.13. The van der Waals surface area contributed by atoms with Gasteiger partial charge in [0, 0.05) is 11.9 Å². The summed E-state index contributed by atoms with van der Waals surface area (Å²) in [5.41, 5.74) is 6.82. The average Bonchev–Trinajstić information content (AvgIpc) is 2.03. The van der Waals surface area contributed by atoms with E-state index < -0.39 is 11.3 Å². The molecular weight excluding hydrogens is 176 g/mol. The zero-order chi connectivity index (χ0) is 8.97. The lowest BCUT2D eigenvalue weighted by Crippen LogP contribution is -1.87. The monoisotopic (exact) mass is 184 g/mol. The van der Waals surface area contributed by atoms with Crippen molar-refractivity contribution in [1.29, 1.82) is 0 Å². The third-order valence-electron chi connectivity index (χ3n) is 1.23. The van der Waals surface area contributed by atoms with Crippen LogP contribution in [-0.4, -0.2) is 15.0 Å². The lowest BCUT2D eigenvalue weighted by molar-refractivity contribution is 0.566. The summed E-state index contributed by atoms with van der Waals surface area (Å²) in [4.78, 5) is 0. The molecule has 0 amide bonds. The number of nitrogens with two attached hydrogens (primary N) is 1. The van der Waals surface area contributed by atoms with Gasteiger partial charge in [0.1, 0.15) is 0 Å². The largest absolute Gasteiger partial charge is 0.399 e. The van der Waals surface area contributed by atoms with Gasteiger partial charge in [0.15, 0.2) is 0 Å². The topological polar surface area (TPSA) is 75.7 Å². The van der Waals surface area contributed by atoms with Crippen LogP contribution in [0.5, 0.6) is 0 Å². The summed E-state index contributed by atoms with van der Waals surface area (Å²) >= 11 is -2.13. The van der Waals surface area contributed by atoms with Gasteiger partial charge in [-0.15, -0.1) is 0 Å². The van der Waals surface area contributed by atoms with Crippen molar-refractivity contribution >= 4 is 23.2 Å². The predicted octanol–water partition coefficient (Wildman–Crippen LogP) is 0.824. The first kappa shape index (κ1) is 8.89. The van der Waals surface area contributed by atoms with E-state index in [1.165, 1.54) is 6.21 Å². The van der Waals surface area contributed by atoms with E-state index in [9.17, 15) is 4.21 Å². The molecule has 0 spiro atoms. The van der Waals surface area contributed by atoms with Crippen LogP contribution >= 0.6 is 0 Å². The summed E-state index contributed by atoms with van der Waals surface area (Å²) in [5, 5.41) is 0. The van der Waals surface area contributed by atoms with Gasteiger partial charge in [-0.05, 0) is 17.7 Å². The molecule has 0 aromatic heterocycles. The van der Waals surface area contributed by atoms with Crippen molar-refractivity contribution in [1.82, 2.24) is 0 Å². The molecule has 4 nitrogen and oxygen atoms in total. The standard InChI is InChI=1S/C7H8N2O2S/c8-7-3-1-6(2-4-7)5-9-12(10)11/h1-5H,8H2,(H,10,11). The first-order chi connectivity index (χ1) is 5.68. The van der Waals surface area contributed by atoms with Crippen LogP contribution in [0.25, 0.3) is 0 Å². The summed E-state index contributed by atoms with van der Waals surface area (Å²) in [6.07, 6.45) is 1.32. The highest BCUT2D eigenvalue weighted by Crippen LogP contribution is 2.02. The van der Waals surface area contributed by atoms with Gasteiger partial charge in [-0.3, -0.25) is 4.55 Å². The van der Waals surface area contributed by atoms with Gasteiger partial charge >= 0.3 is 0 Å². The van der Waals surface area contributed by atoms with Gasteiger partial charge in [-0.1, -0.05) is 12.1 Å². The third kappa shape index (κ3) is 2.81. The van der Waals surface area contributed by atoms with Crippen molar-refractivity contribution in [3.05, 3.63) is 29.8 Å². The fourth-order valence-electron chi connectivity index (χ4n) is 0.688. The summed E-state index contributed by atoms with van der Waals surface area (Å²) in [5.74, 6) is 0. The molecule has 1 unspecified atom stereocenters. The first-order valence-electron chi connectivity index (χ1n) is 3.19. The Balaban J connectivity index is 2.77. The Kier molecular flexibility index (Phi) is 2.95. The Morgan fingerprint density at radius 3 is 2.50 bits per heavy atom. The van der Waals surface area contributed by atoms with E-state index in [4.69, 9.17) is 10.3 Å². The molecule has 1 aromatic rings. The number of nitrogen functional groups attached to an aromatic ring is 1. The maximum atomic E-state index is 10.1. The van der Waals surface area contributed by atoms with Crippen molar-refractivity contribution in [2.24, 2.45) is 4.40 Å². The van der Waals surface area contributed by atoms with Gasteiger partial charge in [0.25, 0.3) is 11.3 Å². The van der Waals surface area contributed by atoms with Crippen LogP contribution < -0.4 is 5.73 Å². The van der Waals surface area contributed by atoms with Gasteiger partial charge in [-0.2, -0.15) is 4.40 Å². The second kappa shape index (κ2) is 3.99. The van der Waals surface area contributed by atoms with Gasteiger partial charge < -0.3 is 5.73 Å². The zero-order valence-electron chi connectivity index (χ0n) is 6.18. The van der Waals surface area contributed by atoms with Crippen molar-refractivity contribution < 1.29 is 8.76 Å². The summed E-state index contributed by atoms with van der Waals surface area (Å²) in [7, 11) is 0. The smallest absolute Gasteiger partial charge is 0.281 e. The SMILES string of the molecule is Nc1ccc(C=NS(=O)O)cc1. The van der Waals surface area contributed by atoms with Crippen LogP contribution in [-0.2, 0) is 11.3 Å². The van der Waals surface area contributed by atoms with E-state index in [2.05, 4.69) is 4.40 Å². The molecule has 5 heteroatoms. The Hall–Kier alpha value is -1.20. The van der Waals surface area contributed by atoms with Gasteiger partial charge in [0.05, 0.1) is 0 Å². The Bertz CT molecular complexity index is 308. The van der Waals surface area contributed by atoms with Crippen molar-refractivity contribution in [3.8, 4) is 0 Å². The maximum Gasteiger partial charge on any atom is 0.281 e. The first-order valence-corrected chi connectivity index (χ1v) is 4.25. The molecule has 1 aromatic carbocycles. The van der Waals surface area contributed by atoms with Crippen molar-refractivity contribution in [3.63, 3.8) is 0 Å². The minimum Gasteiger partial charge on any atom is -0.399 e. The highest BCUT2D eigenvalue weighted by Gasteiger charge is 1.88. The lowest BCUT2D eigenvalue weighted by Gasteiger charge is -1.92. The molecule has 0 aliphatic heterocycles. The van der Waals surface area contributed by atoms with Gasteiger partial charge in [0.2, 0.25) is 0 Å². The fourth-order valence-corrected chi connectivity index (χ4v) is 0.900. The lowest BCUT2D eigenvalue weighted by atomic mass is 10.2. The molecule has 3 N–H and O–H groups in total. The second-order valence-electron chi connectivity index (χ2n) is 2.13.